The molecule has 0 aromatic heterocycles. The number of fused-ring (bicyclic) bond motifs is 2. The Kier molecular flexibility index (Phi) is 6.54. The quantitative estimate of drug-likeness (QED) is 0.281. The Bertz CT molecular complexity index is 1510. The van der Waals surface area contributed by atoms with Gasteiger partial charge in [0.1, 0.15) is 7.05 Å². The maximum absolute atomic E-state index is 9.60. The van der Waals surface area contributed by atoms with Crippen molar-refractivity contribution in [3.8, 4) is 0 Å². The van der Waals surface area contributed by atoms with E-state index in [2.05, 4.69) is 124 Å². The number of hydrogen-bond acceptors (Lipinski definition) is 3. The lowest BCUT2D eigenvalue weighted by atomic mass is 9.79. The van der Waals surface area contributed by atoms with E-state index in [-0.39, 0.29) is 10.8 Å². The molecule has 0 saturated carbocycles. The topological polar surface area (TPSA) is 46.7 Å². The molecule has 2 aliphatic heterocycles. The van der Waals surface area contributed by atoms with Gasteiger partial charge in [-0.3, -0.25) is 0 Å². The smallest absolute Gasteiger partial charge is 0.423 e. The summed E-state index contributed by atoms with van der Waals surface area (Å²) in [6.07, 6.45) is 8.79. The molecular weight excluding hydrogens is 467 g/mol. The monoisotopic (exact) mass is 503 g/mol. The summed E-state index contributed by atoms with van der Waals surface area (Å²) >= 11 is 0. The number of likely N-dealkylation sites (N-methyl/N-ethyl adjacent to an activating group) is 1. The highest BCUT2D eigenvalue weighted by Gasteiger charge is 2.42. The highest BCUT2D eigenvalue weighted by molar-refractivity contribution is 6.58. The van der Waals surface area contributed by atoms with E-state index in [4.69, 9.17) is 0 Å². The molecule has 2 heterocycles. The van der Waals surface area contributed by atoms with Crippen LogP contribution in [0, 0.1) is 0 Å². The Morgan fingerprint density at radius 1 is 0.842 bits per heavy atom. The van der Waals surface area contributed by atoms with Gasteiger partial charge >= 0.3 is 7.12 Å². The molecule has 0 radical (unpaired) electrons. The van der Waals surface area contributed by atoms with Gasteiger partial charge < -0.3 is 14.9 Å². The van der Waals surface area contributed by atoms with Crippen LogP contribution in [0.1, 0.15) is 44.4 Å². The molecule has 0 aliphatic carbocycles. The first kappa shape index (κ1) is 26.0. The van der Waals surface area contributed by atoms with Crippen LogP contribution < -0.4 is 10.4 Å². The second kappa shape index (κ2) is 9.57. The Balaban J connectivity index is 1.59. The fraction of sp³-hybridized carbons (Fsp3) is 0.242. The Morgan fingerprint density at radius 2 is 1.47 bits per heavy atom. The van der Waals surface area contributed by atoms with Crippen LogP contribution in [0.5, 0.6) is 0 Å². The molecule has 192 valence electrons. The molecule has 0 unspecified atom stereocenters. The minimum absolute atomic E-state index is 0.119. The van der Waals surface area contributed by atoms with E-state index in [0.717, 1.165) is 11.1 Å². The van der Waals surface area contributed by atoms with Crippen molar-refractivity contribution in [2.45, 2.75) is 38.5 Å². The van der Waals surface area contributed by atoms with Crippen LogP contribution in [0.25, 0.3) is 5.57 Å². The van der Waals surface area contributed by atoms with Crippen molar-refractivity contribution in [2.75, 3.05) is 19.0 Å². The zero-order valence-electron chi connectivity index (χ0n) is 23.1. The lowest BCUT2D eigenvalue weighted by Crippen LogP contribution is -2.29. The van der Waals surface area contributed by atoms with Gasteiger partial charge in [0.15, 0.2) is 5.71 Å². The molecule has 38 heavy (non-hydrogen) atoms. The molecule has 4 nitrogen and oxygen atoms in total. The third kappa shape index (κ3) is 4.26. The van der Waals surface area contributed by atoms with Gasteiger partial charge in [-0.25, -0.2) is 0 Å². The Labute approximate surface area is 226 Å². The average Bonchev–Trinajstić information content (AvgIpc) is 3.22. The molecule has 2 aliphatic rings. The molecule has 0 fully saturated rings. The summed E-state index contributed by atoms with van der Waals surface area (Å²) in [4.78, 5) is 2.28. The van der Waals surface area contributed by atoms with Crippen LogP contribution in [0.3, 0.4) is 0 Å². The van der Waals surface area contributed by atoms with Gasteiger partial charge in [-0.2, -0.15) is 4.58 Å². The van der Waals surface area contributed by atoms with E-state index < -0.39 is 7.12 Å². The predicted octanol–water partition coefficient (Wildman–Crippen LogP) is 5.32. The zero-order valence-corrected chi connectivity index (χ0v) is 23.1. The normalized spacial score (nSPS) is 18.9. The SMILES string of the molecule is CN1\C(=C/C=C(/C=C/C2=[N+](C)c3ccccc3C2(C)C)c2ccc(B(O)O)cc2)C(C)(C)c2ccccc21. The molecule has 0 amide bonds. The van der Waals surface area contributed by atoms with Gasteiger partial charge in [-0.1, -0.05) is 80.6 Å². The standard InChI is InChI=1S/C33H36BN2O2/c1-32(2)26-11-7-9-13-28(26)35(5)30(32)21-17-24(23-15-19-25(20-16-23)34(37)38)18-22-31-33(3,4)27-12-8-10-14-29(27)36(31)6/h7-22,37-38H,1-6H3/q+1. The van der Waals surface area contributed by atoms with Gasteiger partial charge in [-0.05, 0) is 54.2 Å². The summed E-state index contributed by atoms with van der Waals surface area (Å²) in [6.45, 7) is 9.08. The molecular formula is C33H36BN2O2+. The van der Waals surface area contributed by atoms with Crippen LogP contribution in [0.4, 0.5) is 11.4 Å². The highest BCUT2D eigenvalue weighted by Crippen LogP contribution is 2.46. The largest absolute Gasteiger partial charge is 0.488 e. The first-order valence-electron chi connectivity index (χ1n) is 13.1. The number of anilines is 1. The van der Waals surface area contributed by atoms with Gasteiger partial charge in [0.25, 0.3) is 0 Å². The van der Waals surface area contributed by atoms with Crippen LogP contribution in [-0.4, -0.2) is 41.5 Å². The highest BCUT2D eigenvalue weighted by atomic mass is 16.4. The van der Waals surface area contributed by atoms with Crippen LogP contribution in [-0.2, 0) is 10.8 Å². The first-order valence-corrected chi connectivity index (χ1v) is 13.1. The third-order valence-electron chi connectivity index (χ3n) is 8.26. The molecule has 3 aromatic carbocycles. The molecule has 3 aromatic rings. The molecule has 0 bridgehead atoms. The fourth-order valence-electron chi connectivity index (χ4n) is 6.04. The predicted molar refractivity (Wildman–Crippen MR) is 160 cm³/mol. The number of rotatable bonds is 5. The second-order valence-electron chi connectivity index (χ2n) is 11.3. The minimum Gasteiger partial charge on any atom is -0.423 e. The van der Waals surface area contributed by atoms with Gasteiger partial charge in [0.2, 0.25) is 5.69 Å². The van der Waals surface area contributed by atoms with Crippen molar-refractivity contribution in [3.63, 3.8) is 0 Å². The van der Waals surface area contributed by atoms with Gasteiger partial charge in [-0.15, -0.1) is 0 Å². The summed E-state index contributed by atoms with van der Waals surface area (Å²) in [5, 5.41) is 19.2. The fourth-order valence-corrected chi connectivity index (χ4v) is 6.04. The number of para-hydroxylation sites is 2. The van der Waals surface area contributed by atoms with E-state index >= 15 is 0 Å². The van der Waals surface area contributed by atoms with Crippen LogP contribution in [0.15, 0.2) is 103 Å². The molecule has 0 atom stereocenters. The summed E-state index contributed by atoms with van der Waals surface area (Å²) < 4.78 is 2.28. The van der Waals surface area contributed by atoms with E-state index in [9.17, 15) is 10.0 Å². The maximum Gasteiger partial charge on any atom is 0.488 e. The maximum atomic E-state index is 9.60. The molecule has 0 spiro atoms. The van der Waals surface area contributed by atoms with E-state index in [1.54, 1.807) is 12.1 Å². The summed E-state index contributed by atoms with van der Waals surface area (Å²) in [6, 6.07) is 24.6. The molecule has 0 saturated heterocycles. The second-order valence-corrected chi connectivity index (χ2v) is 11.3. The van der Waals surface area contributed by atoms with Gasteiger partial charge in [0, 0.05) is 41.6 Å². The molecule has 5 heteroatoms. The number of benzene rings is 3. The Morgan fingerprint density at radius 3 is 2.11 bits per heavy atom. The van der Waals surface area contributed by atoms with Crippen molar-refractivity contribution in [1.82, 2.24) is 0 Å². The third-order valence-corrected chi connectivity index (χ3v) is 8.26. The first-order chi connectivity index (χ1) is 18.0. The summed E-state index contributed by atoms with van der Waals surface area (Å²) in [5.41, 5.74) is 9.86. The number of nitrogens with zero attached hydrogens (tertiary/aromatic N) is 2. The van der Waals surface area contributed by atoms with Crippen molar-refractivity contribution >= 4 is 35.2 Å². The van der Waals surface area contributed by atoms with Gasteiger partial charge in [0.05, 0.1) is 5.41 Å². The summed E-state index contributed by atoms with van der Waals surface area (Å²) in [5.74, 6) is 0. The Hall–Kier alpha value is -3.67. The lowest BCUT2D eigenvalue weighted by Gasteiger charge is -2.24. The van der Waals surface area contributed by atoms with Crippen molar-refractivity contribution < 1.29 is 14.6 Å². The van der Waals surface area contributed by atoms with E-state index in [1.165, 1.54) is 33.9 Å². The van der Waals surface area contributed by atoms with Crippen molar-refractivity contribution in [3.05, 3.63) is 119 Å². The van der Waals surface area contributed by atoms with E-state index in [1.807, 2.05) is 12.1 Å². The zero-order chi connectivity index (χ0) is 27.2. The molecule has 5 rings (SSSR count). The number of hydrogen-bond donors (Lipinski definition) is 2. The average molecular weight is 503 g/mol. The minimum atomic E-state index is -1.48. The van der Waals surface area contributed by atoms with E-state index in [0.29, 0.717) is 5.46 Å². The van der Waals surface area contributed by atoms with Crippen LogP contribution in [0.2, 0.25) is 0 Å². The van der Waals surface area contributed by atoms with Crippen molar-refractivity contribution in [2.24, 2.45) is 0 Å². The lowest BCUT2D eigenvalue weighted by molar-refractivity contribution is -0.401. The number of allylic oxidation sites excluding steroid dienone is 6. The molecule has 2 N–H and O–H groups in total. The van der Waals surface area contributed by atoms with Crippen LogP contribution >= 0.6 is 0 Å². The van der Waals surface area contributed by atoms with Crippen molar-refractivity contribution in [1.29, 1.82) is 0 Å². The summed E-state index contributed by atoms with van der Waals surface area (Å²) in [7, 11) is 2.77.